The number of hydrogen-bond donors (Lipinski definition) is 2. The van der Waals surface area contributed by atoms with E-state index in [4.69, 9.17) is 10.3 Å². The summed E-state index contributed by atoms with van der Waals surface area (Å²) in [5.74, 6) is 0.585. The molecule has 0 bridgehead atoms. The first kappa shape index (κ1) is 9.06. The third kappa shape index (κ3) is 1.58. The van der Waals surface area contributed by atoms with Crippen LogP contribution in [0, 0.1) is 6.92 Å². The maximum atomic E-state index is 10.9. The van der Waals surface area contributed by atoms with E-state index in [9.17, 15) is 4.79 Å². The summed E-state index contributed by atoms with van der Waals surface area (Å²) < 4.78 is 4.95. The van der Waals surface area contributed by atoms with E-state index in [0.29, 0.717) is 11.3 Å². The molecule has 1 aromatic rings. The molecule has 0 aliphatic heterocycles. The van der Waals surface area contributed by atoms with Crippen LogP contribution in [-0.4, -0.2) is 5.16 Å². The normalized spacial score (nSPS) is 13.2. The van der Waals surface area contributed by atoms with Crippen LogP contribution in [0.4, 0.5) is 0 Å². The Hall–Kier alpha value is -1.03. The molecule has 0 saturated carbocycles. The molecule has 3 N–H and O–H groups in total. The highest BCUT2D eigenvalue weighted by atomic mass is 16.5. The molecular weight excluding hydrogens is 156 g/mol. The Morgan fingerprint density at radius 3 is 2.75 bits per heavy atom. The Morgan fingerprint density at radius 1 is 1.67 bits per heavy atom. The van der Waals surface area contributed by atoms with Gasteiger partial charge in [-0.2, -0.15) is 5.16 Å². The molecule has 12 heavy (non-hydrogen) atoms. The van der Waals surface area contributed by atoms with Crippen molar-refractivity contribution in [1.82, 2.24) is 5.16 Å². The van der Waals surface area contributed by atoms with Crippen molar-refractivity contribution in [3.63, 3.8) is 0 Å². The van der Waals surface area contributed by atoms with Gasteiger partial charge in [-0.1, -0.05) is 13.3 Å². The molecule has 1 atom stereocenters. The molecule has 0 radical (unpaired) electrons. The van der Waals surface area contributed by atoms with Gasteiger partial charge >= 0.3 is 0 Å². The van der Waals surface area contributed by atoms with Gasteiger partial charge in [0, 0.05) is 0 Å². The van der Waals surface area contributed by atoms with E-state index in [1.807, 2.05) is 6.92 Å². The smallest absolute Gasteiger partial charge is 0.283 e. The number of H-pyrrole nitrogens is 1. The van der Waals surface area contributed by atoms with Gasteiger partial charge in [0.2, 0.25) is 0 Å². The lowest BCUT2D eigenvalue weighted by molar-refractivity contribution is 0.350. The van der Waals surface area contributed by atoms with Crippen LogP contribution in [0.25, 0.3) is 0 Å². The van der Waals surface area contributed by atoms with Gasteiger partial charge in [0.15, 0.2) is 5.76 Å². The van der Waals surface area contributed by atoms with Crippen molar-refractivity contribution in [3.8, 4) is 0 Å². The van der Waals surface area contributed by atoms with Crippen molar-refractivity contribution in [1.29, 1.82) is 0 Å². The molecule has 1 heterocycles. The molecule has 1 rings (SSSR count). The number of nitrogens with one attached hydrogen (secondary N) is 1. The highest BCUT2D eigenvalue weighted by Gasteiger charge is 2.14. The highest BCUT2D eigenvalue weighted by molar-refractivity contribution is 5.14. The van der Waals surface area contributed by atoms with Crippen LogP contribution in [0.2, 0.25) is 0 Å². The Balaban J connectivity index is 2.87. The molecule has 0 aromatic carbocycles. The standard InChI is InChI=1S/C8H14N2O2/c1-3-4-6(9)7-5(2)8(11)10-12-7/h6H,3-4,9H2,1-2H3,(H,10,11). The molecule has 0 fully saturated rings. The van der Waals surface area contributed by atoms with Crippen molar-refractivity contribution >= 4 is 0 Å². The quantitative estimate of drug-likeness (QED) is 0.712. The molecule has 1 unspecified atom stereocenters. The summed E-state index contributed by atoms with van der Waals surface area (Å²) in [6.45, 7) is 3.76. The lowest BCUT2D eigenvalue weighted by atomic mass is 10.1. The molecular formula is C8H14N2O2. The number of aromatic amines is 1. The second-order valence-electron chi connectivity index (χ2n) is 2.92. The number of nitrogens with two attached hydrogens (primary N) is 1. The van der Waals surface area contributed by atoms with Crippen molar-refractivity contribution in [2.24, 2.45) is 5.73 Å². The average Bonchev–Trinajstić information content (AvgIpc) is 2.34. The van der Waals surface area contributed by atoms with Gasteiger partial charge in [0.1, 0.15) is 0 Å². The number of hydrogen-bond acceptors (Lipinski definition) is 3. The Bertz CT molecular complexity index is 300. The van der Waals surface area contributed by atoms with E-state index in [1.165, 1.54) is 0 Å². The lowest BCUT2D eigenvalue weighted by Crippen LogP contribution is -2.11. The predicted octanol–water partition coefficient (Wildman–Crippen LogP) is 1.08. The molecule has 4 nitrogen and oxygen atoms in total. The Labute approximate surface area is 70.7 Å². The van der Waals surface area contributed by atoms with Gasteiger partial charge in [0.05, 0.1) is 11.6 Å². The first-order valence-electron chi connectivity index (χ1n) is 4.10. The van der Waals surface area contributed by atoms with E-state index in [2.05, 4.69) is 5.16 Å². The average molecular weight is 170 g/mol. The van der Waals surface area contributed by atoms with E-state index in [1.54, 1.807) is 6.92 Å². The summed E-state index contributed by atoms with van der Waals surface area (Å²) in [4.78, 5) is 10.9. The molecule has 4 heteroatoms. The van der Waals surface area contributed by atoms with Crippen LogP contribution < -0.4 is 11.3 Å². The van der Waals surface area contributed by atoms with Crippen molar-refractivity contribution in [3.05, 3.63) is 21.7 Å². The summed E-state index contributed by atoms with van der Waals surface area (Å²) in [6, 6.07) is -0.158. The Kier molecular flexibility index (Phi) is 2.70. The molecule has 0 aliphatic carbocycles. The summed E-state index contributed by atoms with van der Waals surface area (Å²) in [7, 11) is 0. The van der Waals surface area contributed by atoms with Crippen molar-refractivity contribution in [2.45, 2.75) is 32.7 Å². The van der Waals surface area contributed by atoms with E-state index in [-0.39, 0.29) is 11.6 Å². The van der Waals surface area contributed by atoms with Crippen LogP contribution in [0.15, 0.2) is 9.32 Å². The van der Waals surface area contributed by atoms with Crippen LogP contribution in [0.5, 0.6) is 0 Å². The fourth-order valence-electron chi connectivity index (χ4n) is 1.16. The third-order valence-electron chi connectivity index (χ3n) is 1.90. The zero-order valence-corrected chi connectivity index (χ0v) is 7.39. The van der Waals surface area contributed by atoms with Crippen LogP contribution in [0.3, 0.4) is 0 Å². The zero-order valence-electron chi connectivity index (χ0n) is 7.39. The summed E-state index contributed by atoms with van der Waals surface area (Å²) in [5.41, 5.74) is 6.18. The minimum Gasteiger partial charge on any atom is -0.382 e. The maximum absolute atomic E-state index is 10.9. The lowest BCUT2D eigenvalue weighted by Gasteiger charge is -2.05. The largest absolute Gasteiger partial charge is 0.382 e. The van der Waals surface area contributed by atoms with E-state index in [0.717, 1.165) is 12.8 Å². The number of rotatable bonds is 3. The molecule has 0 amide bonds. The molecule has 68 valence electrons. The number of aromatic nitrogens is 1. The van der Waals surface area contributed by atoms with Crippen LogP contribution >= 0.6 is 0 Å². The SMILES string of the molecule is CCCC(N)c1o[nH]c(=O)c1C. The predicted molar refractivity (Wildman–Crippen MR) is 45.9 cm³/mol. The van der Waals surface area contributed by atoms with Gasteiger partial charge in [-0.15, -0.1) is 0 Å². The topological polar surface area (TPSA) is 72.0 Å². The van der Waals surface area contributed by atoms with Gasteiger partial charge in [0.25, 0.3) is 5.56 Å². The monoisotopic (exact) mass is 170 g/mol. The van der Waals surface area contributed by atoms with Crippen molar-refractivity contribution in [2.75, 3.05) is 0 Å². The second kappa shape index (κ2) is 3.58. The molecule has 0 spiro atoms. The van der Waals surface area contributed by atoms with E-state index < -0.39 is 0 Å². The minimum absolute atomic E-state index is 0.158. The summed E-state index contributed by atoms with van der Waals surface area (Å²) in [6.07, 6.45) is 1.82. The first-order chi connectivity index (χ1) is 5.66. The third-order valence-corrected chi connectivity index (χ3v) is 1.90. The van der Waals surface area contributed by atoms with Gasteiger partial charge in [-0.25, -0.2) is 0 Å². The molecule has 1 aromatic heterocycles. The van der Waals surface area contributed by atoms with Gasteiger partial charge in [-0.05, 0) is 13.3 Å². The summed E-state index contributed by atoms with van der Waals surface area (Å²) in [5, 5.41) is 2.27. The Morgan fingerprint density at radius 2 is 2.33 bits per heavy atom. The zero-order chi connectivity index (χ0) is 9.14. The fraction of sp³-hybridized carbons (Fsp3) is 0.625. The van der Waals surface area contributed by atoms with Crippen LogP contribution in [0.1, 0.15) is 37.1 Å². The highest BCUT2D eigenvalue weighted by Crippen LogP contribution is 2.16. The van der Waals surface area contributed by atoms with Gasteiger partial charge < -0.3 is 10.3 Å². The van der Waals surface area contributed by atoms with Crippen LogP contribution in [-0.2, 0) is 0 Å². The summed E-state index contributed by atoms with van der Waals surface area (Å²) >= 11 is 0. The van der Waals surface area contributed by atoms with E-state index >= 15 is 0 Å². The fourth-order valence-corrected chi connectivity index (χ4v) is 1.16. The molecule has 0 aliphatic rings. The first-order valence-corrected chi connectivity index (χ1v) is 4.10. The van der Waals surface area contributed by atoms with Gasteiger partial charge in [-0.3, -0.25) is 4.79 Å². The minimum atomic E-state index is -0.184. The van der Waals surface area contributed by atoms with Crippen molar-refractivity contribution < 1.29 is 4.52 Å². The molecule has 0 saturated heterocycles. The maximum Gasteiger partial charge on any atom is 0.283 e. The second-order valence-corrected chi connectivity index (χ2v) is 2.92.